The van der Waals surface area contributed by atoms with Gasteiger partial charge in [-0.05, 0) is 69.8 Å². The first kappa shape index (κ1) is 25.2. The summed E-state index contributed by atoms with van der Waals surface area (Å²) in [4.78, 5) is 4.74. The molecule has 0 aliphatic carbocycles. The molecule has 0 bridgehead atoms. The summed E-state index contributed by atoms with van der Waals surface area (Å²) in [6.45, 7) is 20.8. The highest BCUT2D eigenvalue weighted by molar-refractivity contribution is 6.89. The number of hydrogen-bond donors (Lipinski definition) is 0. The van der Waals surface area contributed by atoms with E-state index in [4.69, 9.17) is 9.10 Å². The molecule has 0 aliphatic rings. The van der Waals surface area contributed by atoms with Crippen molar-refractivity contribution in [2.24, 2.45) is 0 Å². The summed E-state index contributed by atoms with van der Waals surface area (Å²) < 4.78 is 25.3. The highest BCUT2D eigenvalue weighted by Gasteiger charge is 2.24. The van der Waals surface area contributed by atoms with Crippen molar-refractivity contribution in [3.63, 3.8) is 0 Å². The number of aromatic nitrogens is 1. The van der Waals surface area contributed by atoms with Gasteiger partial charge >= 0.3 is 0 Å². The highest BCUT2D eigenvalue weighted by atomic mass is 28.3. The Kier molecular flexibility index (Phi) is 7.13. The first-order valence-corrected chi connectivity index (χ1v) is 21.3. The number of aryl methyl sites for hydroxylation is 1. The largest absolute Gasteiger partial charge is 0.256 e. The lowest BCUT2D eigenvalue weighted by Crippen LogP contribution is -2.38. The van der Waals surface area contributed by atoms with E-state index in [-0.39, 0.29) is 11.8 Å². The van der Waals surface area contributed by atoms with Crippen molar-refractivity contribution >= 4 is 26.5 Å². The molecule has 1 nitrogen and oxygen atoms in total. The van der Waals surface area contributed by atoms with Crippen molar-refractivity contribution in [3.8, 4) is 33.5 Å². The van der Waals surface area contributed by atoms with Gasteiger partial charge in [-0.1, -0.05) is 132 Å². The molecule has 0 aliphatic heterocycles. The Morgan fingerprint density at radius 3 is 1.72 bits per heavy atom. The van der Waals surface area contributed by atoms with Crippen LogP contribution in [-0.2, 0) is 0 Å². The lowest BCUT2D eigenvalue weighted by atomic mass is 9.83. The van der Waals surface area contributed by atoms with E-state index in [2.05, 4.69) is 128 Å². The first-order valence-electron chi connectivity index (χ1n) is 15.8. The molecule has 3 heteroatoms. The van der Waals surface area contributed by atoms with Crippen LogP contribution >= 0.6 is 0 Å². The van der Waals surface area contributed by atoms with Gasteiger partial charge in [0.2, 0.25) is 0 Å². The molecule has 0 saturated carbocycles. The molecule has 4 rings (SSSR count). The smallest absolute Gasteiger partial charge is 0.0776 e. The predicted molar refractivity (Wildman–Crippen MR) is 179 cm³/mol. The molecule has 3 aromatic carbocycles. The summed E-state index contributed by atoms with van der Waals surface area (Å²) in [7, 11) is -2.97. The van der Waals surface area contributed by atoms with Crippen LogP contribution < -0.4 is 10.4 Å². The number of benzene rings is 3. The van der Waals surface area contributed by atoms with Crippen LogP contribution in [0, 0.1) is 6.85 Å². The maximum Gasteiger partial charge on any atom is 0.0776 e. The molecule has 0 fully saturated rings. The van der Waals surface area contributed by atoms with E-state index in [1.165, 1.54) is 27.1 Å². The molecule has 0 N–H and O–H groups in total. The van der Waals surface area contributed by atoms with Gasteiger partial charge in [0.1, 0.15) is 0 Å². The van der Waals surface area contributed by atoms with Gasteiger partial charge in [-0.15, -0.1) is 0 Å². The minimum Gasteiger partial charge on any atom is -0.256 e. The fourth-order valence-electron chi connectivity index (χ4n) is 5.18. The summed E-state index contributed by atoms with van der Waals surface area (Å²) in [5.41, 5.74) is 8.67. The third-order valence-corrected chi connectivity index (χ3v) is 11.8. The van der Waals surface area contributed by atoms with Crippen LogP contribution in [0.15, 0.2) is 72.9 Å². The maximum atomic E-state index is 8.45. The predicted octanol–water partition coefficient (Wildman–Crippen LogP) is 9.73. The van der Waals surface area contributed by atoms with Crippen LogP contribution in [0.3, 0.4) is 0 Å². The first-order chi connectivity index (χ1) is 19.4. The zero-order chi connectivity index (χ0) is 31.2. The fraction of sp³-hybridized carbons (Fsp3) is 0.361. The second-order valence-corrected chi connectivity index (χ2v) is 23.8. The average molecular weight is 553 g/mol. The van der Waals surface area contributed by atoms with Crippen LogP contribution in [0.2, 0.25) is 39.3 Å². The monoisotopic (exact) mass is 552 g/mol. The molecule has 0 atom stereocenters. The number of nitrogens with zero attached hydrogens (tertiary/aromatic N) is 1. The van der Waals surface area contributed by atoms with Crippen molar-refractivity contribution in [3.05, 3.63) is 89.6 Å². The van der Waals surface area contributed by atoms with Gasteiger partial charge in [-0.3, -0.25) is 4.98 Å². The van der Waals surface area contributed by atoms with E-state index >= 15 is 0 Å². The van der Waals surface area contributed by atoms with Crippen LogP contribution in [0.5, 0.6) is 0 Å². The van der Waals surface area contributed by atoms with Crippen LogP contribution in [0.25, 0.3) is 33.5 Å². The molecule has 1 heterocycles. The molecular formula is C36H47NSi2. The van der Waals surface area contributed by atoms with Crippen LogP contribution in [-0.4, -0.2) is 21.1 Å². The topological polar surface area (TPSA) is 12.9 Å². The molecule has 0 spiro atoms. The number of rotatable bonds is 7. The van der Waals surface area contributed by atoms with Crippen molar-refractivity contribution in [1.29, 1.82) is 0 Å². The number of pyridine rings is 1. The summed E-state index contributed by atoms with van der Waals surface area (Å²) in [5, 5.41) is 2.85. The van der Waals surface area contributed by atoms with Gasteiger partial charge in [-0.25, -0.2) is 0 Å². The maximum absolute atomic E-state index is 8.45. The van der Waals surface area contributed by atoms with Crippen molar-refractivity contribution in [1.82, 2.24) is 4.98 Å². The third-order valence-electron chi connectivity index (χ3n) is 7.73. The summed E-state index contributed by atoms with van der Waals surface area (Å²) >= 11 is 0. The average Bonchev–Trinajstić information content (AvgIpc) is 2.90. The second kappa shape index (κ2) is 11.0. The normalized spacial score (nSPS) is 13.9. The Balaban J connectivity index is 1.95. The molecule has 1 aromatic heterocycles. The highest BCUT2D eigenvalue weighted by Crippen LogP contribution is 2.39. The Labute approximate surface area is 244 Å². The third kappa shape index (κ3) is 6.36. The van der Waals surface area contributed by atoms with E-state index < -0.39 is 23.0 Å². The zero-order valence-electron chi connectivity index (χ0n) is 28.5. The van der Waals surface area contributed by atoms with E-state index in [0.717, 1.165) is 27.9 Å². The minimum atomic E-state index is -2.28. The van der Waals surface area contributed by atoms with Gasteiger partial charge in [0.25, 0.3) is 0 Å². The van der Waals surface area contributed by atoms with Gasteiger partial charge in [0.15, 0.2) is 0 Å². The van der Waals surface area contributed by atoms with Crippen molar-refractivity contribution < 1.29 is 4.11 Å². The quantitative estimate of drug-likeness (QED) is 0.208. The SMILES string of the molecule is [2H]C([2H])([2H])c1cnc(-c2cccc(-c3ccc([Si](C)(C)C)cc3)c2)cc1-c1c(C(C)C)cc([Si](C)(C)C)cc1C(C)C. The summed E-state index contributed by atoms with van der Waals surface area (Å²) in [6.07, 6.45) is 1.59. The van der Waals surface area contributed by atoms with Gasteiger partial charge in [-0.2, -0.15) is 0 Å². The summed E-state index contributed by atoms with van der Waals surface area (Å²) in [5.74, 6) is 0.495. The van der Waals surface area contributed by atoms with Crippen LogP contribution in [0.1, 0.15) is 60.3 Å². The minimum absolute atomic E-state index is 0.248. The van der Waals surface area contributed by atoms with E-state index in [1.54, 1.807) is 6.20 Å². The molecule has 0 amide bonds. The number of hydrogen-bond acceptors (Lipinski definition) is 1. The van der Waals surface area contributed by atoms with E-state index in [0.29, 0.717) is 5.56 Å². The molecule has 39 heavy (non-hydrogen) atoms. The van der Waals surface area contributed by atoms with Gasteiger partial charge in [0, 0.05) is 15.9 Å². The lowest BCUT2D eigenvalue weighted by Gasteiger charge is -2.27. The standard InChI is InChI=1S/C36H47NSi2/c1-24(2)32-20-31(39(9,10)11)21-33(25(3)4)36(32)34-22-35(37-23-26(34)5)29-14-12-13-28(19-29)27-15-17-30(18-16-27)38(6,7)8/h12-25H,1-11H3/i5D3. The van der Waals surface area contributed by atoms with Crippen molar-refractivity contribution in [2.45, 2.75) is 85.7 Å². The van der Waals surface area contributed by atoms with Crippen LogP contribution in [0.4, 0.5) is 0 Å². The molecule has 0 radical (unpaired) electrons. The van der Waals surface area contributed by atoms with Gasteiger partial charge in [0.05, 0.1) is 21.8 Å². The molecular weight excluding hydrogens is 503 g/mol. The van der Waals surface area contributed by atoms with Gasteiger partial charge < -0.3 is 0 Å². The summed E-state index contributed by atoms with van der Waals surface area (Å²) in [6, 6.07) is 24.1. The Morgan fingerprint density at radius 2 is 1.21 bits per heavy atom. The molecule has 0 saturated heterocycles. The van der Waals surface area contributed by atoms with E-state index in [9.17, 15) is 0 Å². The molecule has 204 valence electrons. The zero-order valence-corrected chi connectivity index (χ0v) is 27.5. The molecule has 0 unspecified atom stereocenters. The lowest BCUT2D eigenvalue weighted by molar-refractivity contribution is 0.839. The van der Waals surface area contributed by atoms with Crippen molar-refractivity contribution in [2.75, 3.05) is 0 Å². The molecule has 4 aromatic rings. The Morgan fingerprint density at radius 1 is 0.641 bits per heavy atom. The fourth-order valence-corrected chi connectivity index (χ4v) is 7.53. The Bertz CT molecular complexity index is 1540. The van der Waals surface area contributed by atoms with E-state index in [1.807, 2.05) is 6.07 Å². The Hall–Kier alpha value is -2.76. The second-order valence-electron chi connectivity index (χ2n) is 13.6.